The Labute approximate surface area is 140 Å². The molecular formula is C19H19N3O2. The summed E-state index contributed by atoms with van der Waals surface area (Å²) in [5, 5.41) is 3.00. The van der Waals surface area contributed by atoms with Gasteiger partial charge in [-0.2, -0.15) is 0 Å². The normalized spacial score (nSPS) is 16.6. The maximum atomic E-state index is 12.6. The molecule has 1 aliphatic rings. The minimum atomic E-state index is -0.0450. The van der Waals surface area contributed by atoms with Crippen LogP contribution in [-0.4, -0.2) is 22.6 Å². The number of imidazole rings is 1. The van der Waals surface area contributed by atoms with Crippen LogP contribution in [0.2, 0.25) is 0 Å². The maximum absolute atomic E-state index is 12.6. The topological polar surface area (TPSA) is 56.1 Å². The molecule has 0 aliphatic carbocycles. The highest BCUT2D eigenvalue weighted by Gasteiger charge is 2.27. The Morgan fingerprint density at radius 1 is 1.21 bits per heavy atom. The fourth-order valence-corrected chi connectivity index (χ4v) is 3.28. The predicted molar refractivity (Wildman–Crippen MR) is 93.2 cm³/mol. The van der Waals surface area contributed by atoms with Gasteiger partial charge in [-0.25, -0.2) is 4.98 Å². The summed E-state index contributed by atoms with van der Waals surface area (Å²) in [6.45, 7) is 0.830. The Kier molecular flexibility index (Phi) is 3.69. The van der Waals surface area contributed by atoms with Crippen LogP contribution in [-0.2, 0) is 17.8 Å². The minimum Gasteiger partial charge on any atom is -0.497 e. The van der Waals surface area contributed by atoms with Crippen LogP contribution in [0.3, 0.4) is 0 Å². The van der Waals surface area contributed by atoms with Crippen LogP contribution in [0.5, 0.6) is 5.75 Å². The number of benzene rings is 2. The predicted octanol–water partition coefficient (Wildman–Crippen LogP) is 3.25. The summed E-state index contributed by atoms with van der Waals surface area (Å²) in [4.78, 5) is 17.2. The van der Waals surface area contributed by atoms with E-state index in [2.05, 4.69) is 20.9 Å². The molecule has 1 aliphatic heterocycles. The first-order valence-electron chi connectivity index (χ1n) is 8.13. The molecule has 0 radical (unpaired) electrons. The summed E-state index contributed by atoms with van der Waals surface area (Å²) in [6, 6.07) is 15.5. The van der Waals surface area contributed by atoms with Gasteiger partial charge in [0.05, 0.1) is 18.1 Å². The number of ether oxygens (including phenoxy) is 1. The zero-order valence-electron chi connectivity index (χ0n) is 13.5. The minimum absolute atomic E-state index is 0.0450. The van der Waals surface area contributed by atoms with Crippen molar-refractivity contribution < 1.29 is 9.53 Å². The average Bonchev–Trinajstić information content (AvgIpc) is 3.00. The summed E-state index contributed by atoms with van der Waals surface area (Å²) in [6.07, 6.45) is 1.51. The van der Waals surface area contributed by atoms with Gasteiger partial charge in [0, 0.05) is 24.6 Å². The lowest BCUT2D eigenvalue weighted by molar-refractivity contribution is -0.120. The summed E-state index contributed by atoms with van der Waals surface area (Å²) >= 11 is 0. The van der Waals surface area contributed by atoms with E-state index >= 15 is 0 Å². The van der Waals surface area contributed by atoms with Crippen LogP contribution in [0.25, 0.3) is 11.0 Å². The van der Waals surface area contributed by atoms with E-state index < -0.39 is 0 Å². The van der Waals surface area contributed by atoms with Gasteiger partial charge < -0.3 is 14.6 Å². The van der Waals surface area contributed by atoms with Crippen molar-refractivity contribution in [2.75, 3.05) is 12.4 Å². The van der Waals surface area contributed by atoms with Gasteiger partial charge in [0.25, 0.3) is 0 Å². The number of methoxy groups -OCH3 is 1. The van der Waals surface area contributed by atoms with E-state index in [4.69, 9.17) is 4.74 Å². The fourth-order valence-electron chi connectivity index (χ4n) is 3.28. The van der Waals surface area contributed by atoms with Gasteiger partial charge in [-0.1, -0.05) is 12.1 Å². The molecule has 24 heavy (non-hydrogen) atoms. The van der Waals surface area contributed by atoms with E-state index in [-0.39, 0.29) is 11.8 Å². The standard InChI is InChI=1S/C19H19N3O2/c1-24-15-8-6-14(7-9-15)20-19(23)13-10-11-22-17-5-3-2-4-16(17)21-18(22)12-13/h2-9,13H,10-12H2,1H3,(H,20,23)/t13-/m1/s1. The SMILES string of the molecule is COc1ccc(NC(=O)[C@@H]2CCn3c(nc4ccccc43)C2)cc1. The van der Waals surface area contributed by atoms with E-state index in [0.717, 1.165) is 41.3 Å². The van der Waals surface area contributed by atoms with Crippen LogP contribution >= 0.6 is 0 Å². The molecule has 0 saturated heterocycles. The first-order chi connectivity index (χ1) is 11.7. The molecule has 0 bridgehead atoms. The molecule has 1 N–H and O–H groups in total. The number of anilines is 1. The van der Waals surface area contributed by atoms with Gasteiger partial charge in [0.15, 0.2) is 0 Å². The number of aromatic nitrogens is 2. The maximum Gasteiger partial charge on any atom is 0.228 e. The molecule has 1 aromatic heterocycles. The van der Waals surface area contributed by atoms with E-state index in [9.17, 15) is 4.79 Å². The monoisotopic (exact) mass is 321 g/mol. The number of rotatable bonds is 3. The summed E-state index contributed by atoms with van der Waals surface area (Å²) in [7, 11) is 1.63. The smallest absolute Gasteiger partial charge is 0.228 e. The molecule has 2 aromatic carbocycles. The number of fused-ring (bicyclic) bond motifs is 3. The van der Waals surface area contributed by atoms with Crippen molar-refractivity contribution in [2.24, 2.45) is 5.92 Å². The molecule has 2 heterocycles. The Morgan fingerprint density at radius 3 is 2.79 bits per heavy atom. The van der Waals surface area contributed by atoms with Crippen LogP contribution < -0.4 is 10.1 Å². The van der Waals surface area contributed by atoms with E-state index in [1.807, 2.05) is 42.5 Å². The summed E-state index contributed by atoms with van der Waals surface area (Å²) in [5.41, 5.74) is 2.95. The number of carbonyl (C=O) groups is 1. The third-order valence-corrected chi connectivity index (χ3v) is 4.59. The number of aryl methyl sites for hydroxylation is 1. The van der Waals surface area contributed by atoms with Gasteiger partial charge in [0.1, 0.15) is 11.6 Å². The van der Waals surface area contributed by atoms with Crippen molar-refractivity contribution in [1.82, 2.24) is 9.55 Å². The number of carbonyl (C=O) groups excluding carboxylic acids is 1. The highest BCUT2D eigenvalue weighted by atomic mass is 16.5. The van der Waals surface area contributed by atoms with Crippen molar-refractivity contribution in [3.63, 3.8) is 0 Å². The average molecular weight is 321 g/mol. The number of hydrogen-bond acceptors (Lipinski definition) is 3. The number of nitrogens with one attached hydrogen (secondary N) is 1. The summed E-state index contributed by atoms with van der Waals surface area (Å²) < 4.78 is 7.36. The molecule has 122 valence electrons. The molecule has 5 nitrogen and oxygen atoms in total. The lowest BCUT2D eigenvalue weighted by Gasteiger charge is -2.23. The van der Waals surface area contributed by atoms with Gasteiger partial charge in [-0.3, -0.25) is 4.79 Å². The molecular weight excluding hydrogens is 302 g/mol. The van der Waals surface area contributed by atoms with Crippen molar-refractivity contribution in [2.45, 2.75) is 19.4 Å². The van der Waals surface area contributed by atoms with Crippen LogP contribution in [0.1, 0.15) is 12.2 Å². The van der Waals surface area contributed by atoms with Crippen molar-refractivity contribution >= 4 is 22.6 Å². The number of nitrogens with zero attached hydrogens (tertiary/aromatic N) is 2. The molecule has 4 rings (SSSR count). The van der Waals surface area contributed by atoms with Crippen molar-refractivity contribution in [3.8, 4) is 5.75 Å². The molecule has 5 heteroatoms. The second kappa shape index (κ2) is 6.00. The quantitative estimate of drug-likeness (QED) is 0.805. The van der Waals surface area contributed by atoms with Crippen LogP contribution in [0.4, 0.5) is 5.69 Å². The molecule has 0 unspecified atom stereocenters. The molecule has 1 atom stereocenters. The van der Waals surface area contributed by atoms with Crippen LogP contribution in [0, 0.1) is 5.92 Å². The Hall–Kier alpha value is -2.82. The lowest BCUT2D eigenvalue weighted by atomic mass is 9.96. The first kappa shape index (κ1) is 14.8. The first-order valence-corrected chi connectivity index (χ1v) is 8.13. The third kappa shape index (κ3) is 2.62. The highest BCUT2D eigenvalue weighted by Crippen LogP contribution is 2.26. The van der Waals surface area contributed by atoms with Gasteiger partial charge in [0.2, 0.25) is 5.91 Å². The Balaban J connectivity index is 1.50. The highest BCUT2D eigenvalue weighted by molar-refractivity contribution is 5.93. The fraction of sp³-hybridized carbons (Fsp3) is 0.263. The van der Waals surface area contributed by atoms with Crippen molar-refractivity contribution in [3.05, 3.63) is 54.4 Å². The largest absolute Gasteiger partial charge is 0.497 e. The van der Waals surface area contributed by atoms with E-state index in [1.165, 1.54) is 0 Å². The Bertz CT molecular complexity index is 883. The van der Waals surface area contributed by atoms with Gasteiger partial charge >= 0.3 is 0 Å². The second-order valence-electron chi connectivity index (χ2n) is 6.08. The number of para-hydroxylation sites is 2. The second-order valence-corrected chi connectivity index (χ2v) is 6.08. The molecule has 0 spiro atoms. The lowest BCUT2D eigenvalue weighted by Crippen LogP contribution is -2.30. The number of hydrogen-bond donors (Lipinski definition) is 1. The Morgan fingerprint density at radius 2 is 2.00 bits per heavy atom. The van der Waals surface area contributed by atoms with Crippen molar-refractivity contribution in [1.29, 1.82) is 0 Å². The van der Waals surface area contributed by atoms with Gasteiger partial charge in [-0.05, 0) is 42.8 Å². The third-order valence-electron chi connectivity index (χ3n) is 4.59. The van der Waals surface area contributed by atoms with E-state index in [0.29, 0.717) is 6.42 Å². The zero-order valence-corrected chi connectivity index (χ0v) is 13.5. The number of amides is 1. The van der Waals surface area contributed by atoms with E-state index in [1.54, 1.807) is 7.11 Å². The molecule has 0 saturated carbocycles. The molecule has 1 amide bonds. The molecule has 0 fully saturated rings. The van der Waals surface area contributed by atoms with Gasteiger partial charge in [-0.15, -0.1) is 0 Å². The zero-order chi connectivity index (χ0) is 16.5. The molecule has 3 aromatic rings. The van der Waals surface area contributed by atoms with Crippen LogP contribution in [0.15, 0.2) is 48.5 Å². The summed E-state index contributed by atoms with van der Waals surface area (Å²) in [5.74, 6) is 1.78.